The summed E-state index contributed by atoms with van der Waals surface area (Å²) in [5, 5.41) is 40.1. The first kappa shape index (κ1) is 19.8. The normalized spacial score (nSPS) is 13.0. The van der Waals surface area contributed by atoms with Crippen molar-refractivity contribution in [2.24, 2.45) is 0 Å². The molecule has 3 rings (SSSR count). The van der Waals surface area contributed by atoms with Gasteiger partial charge in [-0.1, -0.05) is 23.7 Å². The molecule has 2 unspecified atom stereocenters. The van der Waals surface area contributed by atoms with Crippen molar-refractivity contribution < 1.29 is 14.6 Å². The van der Waals surface area contributed by atoms with Gasteiger partial charge in [0.25, 0.3) is 0 Å². The second-order valence-electron chi connectivity index (χ2n) is 6.37. The molecular formula is C20H19ClN4O3. The van der Waals surface area contributed by atoms with Crippen LogP contribution in [0.5, 0.6) is 0 Å². The smallest absolute Gasteiger partial charge is 0.247 e. The third kappa shape index (κ3) is 3.99. The summed E-state index contributed by atoms with van der Waals surface area (Å²) in [7, 11) is 0. The molecule has 0 saturated carbocycles. The van der Waals surface area contributed by atoms with Crippen LogP contribution in [0.25, 0.3) is 11.5 Å². The maximum atomic E-state index is 10.2. The number of nitrogens with one attached hydrogen (secondary N) is 1. The third-order valence-corrected chi connectivity index (χ3v) is 4.88. The number of aliphatic hydroxyl groups is 2. The van der Waals surface area contributed by atoms with E-state index in [1.807, 2.05) is 6.07 Å². The number of aromatic nitrogens is 2. The third-order valence-electron chi connectivity index (χ3n) is 4.39. The van der Waals surface area contributed by atoms with Crippen LogP contribution < -0.4 is 5.32 Å². The monoisotopic (exact) mass is 398 g/mol. The molecule has 0 aliphatic carbocycles. The van der Waals surface area contributed by atoms with Crippen LogP contribution in [0.4, 0.5) is 5.69 Å². The van der Waals surface area contributed by atoms with Crippen molar-refractivity contribution >= 4 is 17.3 Å². The van der Waals surface area contributed by atoms with Crippen molar-refractivity contribution in [2.75, 3.05) is 5.32 Å². The van der Waals surface area contributed by atoms with Crippen molar-refractivity contribution in [1.82, 2.24) is 10.2 Å². The van der Waals surface area contributed by atoms with E-state index in [1.165, 1.54) is 0 Å². The molecule has 3 N–H and O–H groups in total. The van der Waals surface area contributed by atoms with Gasteiger partial charge < -0.3 is 19.9 Å². The van der Waals surface area contributed by atoms with E-state index in [9.17, 15) is 5.11 Å². The number of aliphatic hydroxyl groups excluding tert-OH is 2. The Morgan fingerprint density at radius 1 is 1.21 bits per heavy atom. The highest BCUT2D eigenvalue weighted by atomic mass is 35.5. The van der Waals surface area contributed by atoms with Crippen LogP contribution in [0.15, 0.2) is 40.8 Å². The lowest BCUT2D eigenvalue weighted by atomic mass is 10.1. The van der Waals surface area contributed by atoms with E-state index < -0.39 is 12.1 Å². The summed E-state index contributed by atoms with van der Waals surface area (Å²) in [6.45, 7) is 3.35. The topological polar surface area (TPSA) is 115 Å². The highest BCUT2D eigenvalue weighted by Gasteiger charge is 2.25. The fraction of sp³-hybridized carbons (Fsp3) is 0.250. The first-order valence-electron chi connectivity index (χ1n) is 8.62. The molecule has 144 valence electrons. The molecule has 28 heavy (non-hydrogen) atoms. The standard InChI is InChI=1S/C20H19ClN4O3/c1-11-16(8-7-15(9-22)17(11)21)23-18(12(2)27)20-25-24-19(28-20)14-5-3-13(10-26)4-6-14/h3-8,12,18,23,26-27H,10H2,1-2H3. The number of hydrogen-bond acceptors (Lipinski definition) is 7. The fourth-order valence-corrected chi connectivity index (χ4v) is 2.92. The lowest BCUT2D eigenvalue weighted by Crippen LogP contribution is -2.23. The van der Waals surface area contributed by atoms with Crippen LogP contribution >= 0.6 is 11.6 Å². The molecule has 1 aromatic heterocycles. The molecular weight excluding hydrogens is 380 g/mol. The quantitative estimate of drug-likeness (QED) is 0.581. The molecule has 0 saturated heterocycles. The fourth-order valence-electron chi connectivity index (χ4n) is 2.71. The number of benzene rings is 2. The van der Waals surface area contributed by atoms with Crippen LogP contribution in [0, 0.1) is 18.3 Å². The predicted molar refractivity (Wildman–Crippen MR) is 105 cm³/mol. The summed E-state index contributed by atoms with van der Waals surface area (Å²) < 4.78 is 5.76. The van der Waals surface area contributed by atoms with Crippen molar-refractivity contribution in [1.29, 1.82) is 5.26 Å². The lowest BCUT2D eigenvalue weighted by Gasteiger charge is -2.21. The van der Waals surface area contributed by atoms with Gasteiger partial charge in [-0.05, 0) is 49.2 Å². The molecule has 1 heterocycles. The first-order chi connectivity index (χ1) is 13.4. The molecule has 0 fully saturated rings. The molecule has 0 amide bonds. The number of nitriles is 1. The van der Waals surface area contributed by atoms with Gasteiger partial charge in [0.2, 0.25) is 11.8 Å². The second-order valence-corrected chi connectivity index (χ2v) is 6.75. The average Bonchev–Trinajstić information content (AvgIpc) is 3.18. The molecule has 0 radical (unpaired) electrons. The number of hydrogen-bond donors (Lipinski definition) is 3. The van der Waals surface area contributed by atoms with E-state index in [1.54, 1.807) is 50.2 Å². The lowest BCUT2D eigenvalue weighted by molar-refractivity contribution is 0.159. The SMILES string of the molecule is Cc1c(NC(c2nnc(-c3ccc(CO)cc3)o2)C(C)O)ccc(C#N)c1Cl. The number of halogens is 1. The van der Waals surface area contributed by atoms with Gasteiger partial charge in [0.15, 0.2) is 0 Å². The molecule has 7 nitrogen and oxygen atoms in total. The molecule has 2 atom stereocenters. The Morgan fingerprint density at radius 2 is 1.93 bits per heavy atom. The van der Waals surface area contributed by atoms with Gasteiger partial charge in [-0.2, -0.15) is 5.26 Å². The number of anilines is 1. The summed E-state index contributed by atoms with van der Waals surface area (Å²) in [5.74, 6) is 0.526. The summed E-state index contributed by atoms with van der Waals surface area (Å²) in [6.07, 6.45) is -0.834. The maximum absolute atomic E-state index is 10.2. The van der Waals surface area contributed by atoms with Gasteiger partial charge in [0.05, 0.1) is 23.3 Å². The Labute approximate surface area is 167 Å². The Hall–Kier alpha value is -2.92. The van der Waals surface area contributed by atoms with Crippen molar-refractivity contribution in [3.05, 3.63) is 64.0 Å². The zero-order chi connectivity index (χ0) is 20.3. The van der Waals surface area contributed by atoms with E-state index in [-0.39, 0.29) is 12.5 Å². The van der Waals surface area contributed by atoms with Crippen LogP contribution in [0.1, 0.15) is 35.5 Å². The molecule has 0 aliphatic rings. The van der Waals surface area contributed by atoms with E-state index >= 15 is 0 Å². The van der Waals surface area contributed by atoms with Crippen LogP contribution in [0.3, 0.4) is 0 Å². The van der Waals surface area contributed by atoms with Crippen LogP contribution in [-0.4, -0.2) is 26.5 Å². The Kier molecular flexibility index (Phi) is 5.95. The van der Waals surface area contributed by atoms with E-state index in [2.05, 4.69) is 15.5 Å². The van der Waals surface area contributed by atoms with E-state index in [0.717, 1.165) is 5.56 Å². The summed E-state index contributed by atoms with van der Waals surface area (Å²) >= 11 is 6.22. The minimum atomic E-state index is -0.834. The zero-order valence-electron chi connectivity index (χ0n) is 15.3. The maximum Gasteiger partial charge on any atom is 0.247 e. The van der Waals surface area contributed by atoms with Gasteiger partial charge in [-0.15, -0.1) is 10.2 Å². The summed E-state index contributed by atoms with van der Waals surface area (Å²) in [5.41, 5.74) is 3.20. The Balaban J connectivity index is 1.88. The molecule has 0 aliphatic heterocycles. The second kappa shape index (κ2) is 8.40. The summed E-state index contributed by atoms with van der Waals surface area (Å²) in [6, 6.07) is 11.8. The van der Waals surface area contributed by atoms with Gasteiger partial charge in [-0.3, -0.25) is 0 Å². The van der Waals surface area contributed by atoms with Gasteiger partial charge in [-0.25, -0.2) is 0 Å². The first-order valence-corrected chi connectivity index (χ1v) is 8.99. The Morgan fingerprint density at radius 3 is 2.54 bits per heavy atom. The van der Waals surface area contributed by atoms with E-state index in [0.29, 0.717) is 33.3 Å². The number of nitrogens with zero attached hydrogens (tertiary/aromatic N) is 3. The van der Waals surface area contributed by atoms with Gasteiger partial charge >= 0.3 is 0 Å². The van der Waals surface area contributed by atoms with Gasteiger partial charge in [0.1, 0.15) is 12.1 Å². The highest BCUT2D eigenvalue weighted by molar-refractivity contribution is 6.32. The van der Waals surface area contributed by atoms with Gasteiger partial charge in [0, 0.05) is 11.3 Å². The molecule has 3 aromatic rings. The molecule has 8 heteroatoms. The molecule has 0 spiro atoms. The van der Waals surface area contributed by atoms with Crippen molar-refractivity contribution in [3.63, 3.8) is 0 Å². The number of rotatable bonds is 6. The summed E-state index contributed by atoms with van der Waals surface area (Å²) in [4.78, 5) is 0. The molecule has 0 bridgehead atoms. The largest absolute Gasteiger partial charge is 0.418 e. The minimum Gasteiger partial charge on any atom is -0.418 e. The van der Waals surface area contributed by atoms with Crippen LogP contribution in [-0.2, 0) is 6.61 Å². The van der Waals surface area contributed by atoms with Crippen LogP contribution in [0.2, 0.25) is 5.02 Å². The van der Waals surface area contributed by atoms with E-state index in [4.69, 9.17) is 26.4 Å². The molecule has 2 aromatic carbocycles. The van der Waals surface area contributed by atoms with Crippen molar-refractivity contribution in [3.8, 4) is 17.5 Å². The Bertz CT molecular complexity index is 1010. The minimum absolute atomic E-state index is 0.0457. The predicted octanol–water partition coefficient (Wildman–Crippen LogP) is 3.60. The average molecular weight is 399 g/mol. The highest BCUT2D eigenvalue weighted by Crippen LogP contribution is 2.31. The zero-order valence-corrected chi connectivity index (χ0v) is 16.1. The van der Waals surface area contributed by atoms with Crippen molar-refractivity contribution in [2.45, 2.75) is 32.6 Å².